The Bertz CT molecular complexity index is 1540. The zero-order chi connectivity index (χ0) is 28.3. The number of para-hydroxylation sites is 1. The highest BCUT2D eigenvalue weighted by atomic mass is 32.1. The van der Waals surface area contributed by atoms with Crippen LogP contribution in [-0.2, 0) is 4.79 Å². The van der Waals surface area contributed by atoms with Gasteiger partial charge >= 0.3 is 12.1 Å². The summed E-state index contributed by atoms with van der Waals surface area (Å²) >= 11 is 1.63. The number of hydrogen-bond acceptors (Lipinski definition) is 9. The van der Waals surface area contributed by atoms with E-state index < -0.39 is 12.1 Å². The molecule has 0 bridgehead atoms. The van der Waals surface area contributed by atoms with Crippen LogP contribution in [0.2, 0.25) is 0 Å². The van der Waals surface area contributed by atoms with E-state index in [0.717, 1.165) is 54.2 Å². The van der Waals surface area contributed by atoms with Crippen LogP contribution in [0.4, 0.5) is 24.8 Å². The van der Waals surface area contributed by atoms with Crippen LogP contribution in [0.1, 0.15) is 6.42 Å². The van der Waals surface area contributed by atoms with Crippen molar-refractivity contribution in [2.45, 2.75) is 12.6 Å². The summed E-state index contributed by atoms with van der Waals surface area (Å²) in [6.07, 6.45) is -2.30. The van der Waals surface area contributed by atoms with Gasteiger partial charge in [-0.2, -0.15) is 18.2 Å². The number of carboxylic acid groups (broad SMARTS) is 1. The molecule has 210 valence electrons. The van der Waals surface area contributed by atoms with Crippen molar-refractivity contribution >= 4 is 55.0 Å². The maximum absolute atomic E-state index is 13.5. The molecule has 10 nitrogen and oxygen atoms in total. The lowest BCUT2D eigenvalue weighted by atomic mass is 10.2. The number of pyridine rings is 1. The van der Waals surface area contributed by atoms with Crippen molar-refractivity contribution in [2.24, 2.45) is 0 Å². The molecule has 0 amide bonds. The van der Waals surface area contributed by atoms with Gasteiger partial charge < -0.3 is 25.1 Å². The maximum atomic E-state index is 13.5. The van der Waals surface area contributed by atoms with Crippen LogP contribution in [0, 0.1) is 0 Å². The topological polar surface area (TPSA) is 106 Å². The number of carbonyl (C=O) groups is 1. The number of anilines is 2. The van der Waals surface area contributed by atoms with Crippen LogP contribution >= 0.6 is 11.3 Å². The normalized spacial score (nSPS) is 15.0. The molecule has 0 unspecified atom stereocenters. The van der Waals surface area contributed by atoms with Crippen LogP contribution < -0.4 is 15.6 Å². The summed E-state index contributed by atoms with van der Waals surface area (Å²) in [4.78, 5) is 39.6. The van der Waals surface area contributed by atoms with Crippen molar-refractivity contribution in [2.75, 3.05) is 70.6 Å². The van der Waals surface area contributed by atoms with Crippen molar-refractivity contribution < 1.29 is 23.1 Å². The minimum Gasteiger partial charge on any atom is -0.475 e. The van der Waals surface area contributed by atoms with Crippen molar-refractivity contribution in [3.05, 3.63) is 40.7 Å². The Labute approximate surface area is 226 Å². The number of rotatable bonds is 5. The Kier molecular flexibility index (Phi) is 8.57. The first-order valence-electron chi connectivity index (χ1n) is 12.3. The smallest absolute Gasteiger partial charge is 0.475 e. The molecule has 1 saturated heterocycles. The Balaban J connectivity index is 0.000000448. The number of fused-ring (bicyclic) bond motifs is 5. The number of benzene rings is 1. The number of aliphatic carboxylic acids is 1. The van der Waals surface area contributed by atoms with Crippen molar-refractivity contribution in [1.82, 2.24) is 24.2 Å². The number of hydrogen-bond donors (Lipinski definition) is 2. The van der Waals surface area contributed by atoms with E-state index in [1.807, 2.05) is 26.2 Å². The predicted octanol–water partition coefficient (Wildman–Crippen LogP) is 3.21. The molecule has 1 aromatic carbocycles. The molecule has 1 aliphatic rings. The Morgan fingerprint density at radius 1 is 1.18 bits per heavy atom. The Morgan fingerprint density at radius 2 is 1.90 bits per heavy atom. The fourth-order valence-electron chi connectivity index (χ4n) is 4.25. The lowest BCUT2D eigenvalue weighted by molar-refractivity contribution is -0.192. The van der Waals surface area contributed by atoms with Crippen LogP contribution in [0.15, 0.2) is 35.3 Å². The number of nitrogens with zero attached hydrogens (tertiary/aromatic N) is 6. The van der Waals surface area contributed by atoms with Gasteiger partial charge in [-0.1, -0.05) is 12.1 Å². The number of halogens is 3. The quantitative estimate of drug-likeness (QED) is 0.377. The second-order valence-electron chi connectivity index (χ2n) is 9.50. The monoisotopic (exact) mass is 565 g/mol. The highest BCUT2D eigenvalue weighted by Crippen LogP contribution is 2.33. The van der Waals surface area contributed by atoms with E-state index in [0.29, 0.717) is 29.2 Å². The zero-order valence-corrected chi connectivity index (χ0v) is 22.6. The molecule has 0 aliphatic carbocycles. The highest BCUT2D eigenvalue weighted by Gasteiger charge is 2.38. The third kappa shape index (κ3) is 6.40. The summed E-state index contributed by atoms with van der Waals surface area (Å²) < 4.78 is 35.0. The molecule has 5 rings (SSSR count). The van der Waals surface area contributed by atoms with Gasteiger partial charge in [-0.3, -0.25) is 9.20 Å². The number of carboxylic acids is 1. The summed E-state index contributed by atoms with van der Waals surface area (Å²) in [5.41, 5.74) is 2.34. The van der Waals surface area contributed by atoms with Crippen molar-refractivity contribution in [3.63, 3.8) is 0 Å². The van der Waals surface area contributed by atoms with Gasteiger partial charge in [0, 0.05) is 38.9 Å². The Morgan fingerprint density at radius 3 is 2.59 bits per heavy atom. The summed E-state index contributed by atoms with van der Waals surface area (Å²) in [6, 6.07) is 8.25. The minimum absolute atomic E-state index is 0.0348. The molecule has 4 heterocycles. The van der Waals surface area contributed by atoms with E-state index in [1.165, 1.54) is 0 Å². The number of nitrogens with one attached hydrogen (secondary N) is 1. The molecule has 4 aromatic rings. The van der Waals surface area contributed by atoms with E-state index in [9.17, 15) is 18.0 Å². The third-order valence-corrected chi connectivity index (χ3v) is 7.42. The first kappa shape index (κ1) is 28.5. The summed E-state index contributed by atoms with van der Waals surface area (Å²) in [6.45, 7) is 5.39. The minimum atomic E-state index is -5.08. The Hall–Kier alpha value is -3.49. The van der Waals surface area contributed by atoms with Crippen LogP contribution in [0.25, 0.3) is 26.1 Å². The molecule has 0 saturated carbocycles. The summed E-state index contributed by atoms with van der Waals surface area (Å²) in [5.74, 6) is -2.06. The fraction of sp³-hybridized carbons (Fsp3) is 0.440. The first-order chi connectivity index (χ1) is 18.5. The number of aromatic nitrogens is 3. The summed E-state index contributed by atoms with van der Waals surface area (Å²) in [5, 5.41) is 11.1. The molecule has 0 atom stereocenters. The molecule has 14 heteroatoms. The molecule has 2 N–H and O–H groups in total. The van der Waals surface area contributed by atoms with E-state index in [1.54, 1.807) is 17.5 Å². The molecule has 39 heavy (non-hydrogen) atoms. The van der Waals surface area contributed by atoms with E-state index >= 15 is 0 Å². The summed E-state index contributed by atoms with van der Waals surface area (Å²) in [7, 11) is 6.20. The second kappa shape index (κ2) is 11.7. The van der Waals surface area contributed by atoms with Gasteiger partial charge in [-0.15, -0.1) is 11.3 Å². The van der Waals surface area contributed by atoms with Gasteiger partial charge in [0.05, 0.1) is 15.6 Å². The highest BCUT2D eigenvalue weighted by molar-refractivity contribution is 7.24. The molecule has 0 spiro atoms. The molecule has 0 radical (unpaired) electrons. The zero-order valence-electron chi connectivity index (χ0n) is 21.8. The first-order valence-corrected chi connectivity index (χ1v) is 13.1. The van der Waals surface area contributed by atoms with Gasteiger partial charge in [0.25, 0.3) is 0 Å². The number of thiazole rings is 1. The third-order valence-electron chi connectivity index (χ3n) is 6.27. The van der Waals surface area contributed by atoms with Gasteiger partial charge in [-0.25, -0.2) is 9.78 Å². The van der Waals surface area contributed by atoms with Gasteiger partial charge in [-0.05, 0) is 46.2 Å². The number of likely N-dealkylation sites (N-methyl/N-ethyl adjacent to an activating group) is 2. The van der Waals surface area contributed by atoms with Gasteiger partial charge in [0.1, 0.15) is 10.5 Å². The second-order valence-corrected chi connectivity index (χ2v) is 10.5. The molecule has 1 aliphatic heterocycles. The van der Waals surface area contributed by atoms with E-state index in [2.05, 4.69) is 48.6 Å². The average molecular weight is 566 g/mol. The largest absolute Gasteiger partial charge is 0.490 e. The number of alkyl halides is 3. The van der Waals surface area contributed by atoms with E-state index in [-0.39, 0.29) is 5.43 Å². The van der Waals surface area contributed by atoms with Crippen molar-refractivity contribution in [1.29, 1.82) is 0 Å². The molecule has 3 aromatic heterocycles. The molecular formula is C25H30F3N7O3S. The van der Waals surface area contributed by atoms with Crippen LogP contribution in [0.5, 0.6) is 0 Å². The standard InChI is InChI=1S/C23H29N7OS.C2HF3O2/c1-27(2)12-9-24-19-20(31)16-15-25-23(29-11-6-10-28(3)13-14-29)26-21(16)30-17-7-4-5-8-18(17)32-22(19)30;3-2(4,5)1(6)7/h4-5,7-8,15,24H,6,9-14H2,1-3H3;(H,6,7). The van der Waals surface area contributed by atoms with Gasteiger partial charge in [0.15, 0.2) is 5.65 Å². The fourth-order valence-corrected chi connectivity index (χ4v) is 5.41. The average Bonchev–Trinajstić information content (AvgIpc) is 3.13. The van der Waals surface area contributed by atoms with Crippen molar-refractivity contribution in [3.8, 4) is 0 Å². The van der Waals surface area contributed by atoms with E-state index in [4.69, 9.17) is 14.9 Å². The van der Waals surface area contributed by atoms with Crippen LogP contribution in [0.3, 0.4) is 0 Å². The SMILES string of the molecule is CN(C)CCNc1c(=O)c2cnc(N3CCCN(C)CC3)nc2n2c1sc1ccccc12.O=C(O)C(F)(F)F. The lowest BCUT2D eigenvalue weighted by Crippen LogP contribution is -2.30. The predicted molar refractivity (Wildman–Crippen MR) is 147 cm³/mol. The lowest BCUT2D eigenvalue weighted by Gasteiger charge is -2.21. The van der Waals surface area contributed by atoms with Gasteiger partial charge in [0.2, 0.25) is 11.4 Å². The molecular weight excluding hydrogens is 535 g/mol. The van der Waals surface area contributed by atoms with Crippen LogP contribution in [-0.4, -0.2) is 102 Å². The molecule has 1 fully saturated rings. The maximum Gasteiger partial charge on any atom is 0.490 e.